The van der Waals surface area contributed by atoms with E-state index in [2.05, 4.69) is 9.97 Å². The highest BCUT2D eigenvalue weighted by Gasteiger charge is 2.32. The fourth-order valence-electron chi connectivity index (χ4n) is 3.10. The van der Waals surface area contributed by atoms with Crippen molar-refractivity contribution in [1.29, 1.82) is 0 Å². The first kappa shape index (κ1) is 21.2. The monoisotopic (exact) mass is 409 g/mol. The van der Waals surface area contributed by atoms with E-state index in [1.165, 1.54) is 11.0 Å². The van der Waals surface area contributed by atoms with Gasteiger partial charge in [-0.2, -0.15) is 13.2 Å². The standard InChI is InChI=1S/C20H22F3N3O3/c1-13-4-5-24-8-16(13)17(27)10-26(9-15-11-29-12-15)19(28)6-14-2-3-18(25-7-14)20(21,22)23/h2-5,7-8,15,17,27H,6,9-12H2,1H3. The molecule has 1 atom stereocenters. The third-order valence-electron chi connectivity index (χ3n) is 4.84. The van der Waals surface area contributed by atoms with Gasteiger partial charge in [0, 0.05) is 36.6 Å². The lowest BCUT2D eigenvalue weighted by Gasteiger charge is -2.33. The molecule has 0 saturated carbocycles. The number of hydrogen-bond donors (Lipinski definition) is 1. The van der Waals surface area contributed by atoms with Gasteiger partial charge in [0.2, 0.25) is 5.91 Å². The molecule has 9 heteroatoms. The van der Waals surface area contributed by atoms with Crippen LogP contribution in [0.2, 0.25) is 0 Å². The first-order valence-corrected chi connectivity index (χ1v) is 9.20. The van der Waals surface area contributed by atoms with Gasteiger partial charge in [-0.1, -0.05) is 6.07 Å². The van der Waals surface area contributed by atoms with E-state index in [1.807, 2.05) is 6.92 Å². The van der Waals surface area contributed by atoms with E-state index in [9.17, 15) is 23.1 Å². The van der Waals surface area contributed by atoms with Crippen LogP contribution < -0.4 is 0 Å². The Morgan fingerprint density at radius 2 is 2.07 bits per heavy atom. The fraction of sp³-hybridized carbons (Fsp3) is 0.450. The molecular formula is C20H22F3N3O3. The van der Waals surface area contributed by atoms with Crippen LogP contribution in [-0.2, 0) is 22.1 Å². The Morgan fingerprint density at radius 1 is 1.31 bits per heavy atom. The van der Waals surface area contributed by atoms with E-state index >= 15 is 0 Å². The summed E-state index contributed by atoms with van der Waals surface area (Å²) >= 11 is 0. The zero-order valence-corrected chi connectivity index (χ0v) is 15.9. The minimum atomic E-state index is -4.52. The van der Waals surface area contributed by atoms with Crippen LogP contribution in [0.3, 0.4) is 0 Å². The lowest BCUT2D eigenvalue weighted by Crippen LogP contribution is -2.44. The highest BCUT2D eigenvalue weighted by molar-refractivity contribution is 5.78. The Balaban J connectivity index is 1.70. The lowest BCUT2D eigenvalue weighted by atomic mass is 10.0. The smallest absolute Gasteiger partial charge is 0.386 e. The van der Waals surface area contributed by atoms with Crippen molar-refractivity contribution >= 4 is 5.91 Å². The molecule has 1 amide bonds. The van der Waals surface area contributed by atoms with Crippen molar-refractivity contribution in [2.24, 2.45) is 5.92 Å². The normalized spacial score (nSPS) is 15.6. The minimum Gasteiger partial charge on any atom is -0.386 e. The van der Waals surface area contributed by atoms with Gasteiger partial charge >= 0.3 is 6.18 Å². The Labute approximate surface area is 166 Å². The maximum Gasteiger partial charge on any atom is 0.433 e. The largest absolute Gasteiger partial charge is 0.433 e. The average molecular weight is 409 g/mol. The summed E-state index contributed by atoms with van der Waals surface area (Å²) in [5.74, 6) is -0.120. The number of carbonyl (C=O) groups is 1. The molecule has 29 heavy (non-hydrogen) atoms. The van der Waals surface area contributed by atoms with Crippen molar-refractivity contribution in [2.45, 2.75) is 25.6 Å². The number of aryl methyl sites for hydroxylation is 1. The van der Waals surface area contributed by atoms with Gasteiger partial charge in [-0.3, -0.25) is 14.8 Å². The number of aliphatic hydroxyl groups excluding tert-OH is 1. The van der Waals surface area contributed by atoms with Gasteiger partial charge in [0.15, 0.2) is 0 Å². The quantitative estimate of drug-likeness (QED) is 0.761. The van der Waals surface area contributed by atoms with Crippen LogP contribution in [0.5, 0.6) is 0 Å². The predicted octanol–water partition coefficient (Wildman–Crippen LogP) is 2.55. The third-order valence-corrected chi connectivity index (χ3v) is 4.84. The molecule has 6 nitrogen and oxygen atoms in total. The van der Waals surface area contributed by atoms with Crippen LogP contribution in [0.15, 0.2) is 36.8 Å². The van der Waals surface area contributed by atoms with E-state index in [-0.39, 0.29) is 24.8 Å². The number of amides is 1. The fourth-order valence-corrected chi connectivity index (χ4v) is 3.10. The molecule has 1 N–H and O–H groups in total. The van der Waals surface area contributed by atoms with Crippen molar-refractivity contribution in [1.82, 2.24) is 14.9 Å². The molecule has 0 aromatic carbocycles. The number of ether oxygens (including phenoxy) is 1. The Morgan fingerprint density at radius 3 is 2.62 bits per heavy atom. The molecule has 1 fully saturated rings. The van der Waals surface area contributed by atoms with Crippen molar-refractivity contribution < 1.29 is 27.8 Å². The second-order valence-corrected chi connectivity index (χ2v) is 7.18. The molecule has 0 aliphatic carbocycles. The maximum atomic E-state index is 12.8. The van der Waals surface area contributed by atoms with Crippen molar-refractivity contribution in [3.8, 4) is 0 Å². The number of alkyl halides is 3. The van der Waals surface area contributed by atoms with E-state index in [0.29, 0.717) is 30.9 Å². The summed E-state index contributed by atoms with van der Waals surface area (Å²) in [4.78, 5) is 21.8. The molecule has 1 saturated heterocycles. The zero-order valence-electron chi connectivity index (χ0n) is 15.9. The Bertz CT molecular complexity index is 839. The maximum absolute atomic E-state index is 12.8. The minimum absolute atomic E-state index is 0.0654. The van der Waals surface area contributed by atoms with Crippen LogP contribution in [0.1, 0.15) is 28.5 Å². The van der Waals surface area contributed by atoms with Crippen molar-refractivity contribution in [3.63, 3.8) is 0 Å². The van der Waals surface area contributed by atoms with Crippen molar-refractivity contribution in [2.75, 3.05) is 26.3 Å². The number of nitrogens with zero attached hydrogens (tertiary/aromatic N) is 3. The third kappa shape index (κ3) is 5.51. The number of pyridine rings is 2. The number of rotatable bonds is 7. The summed E-state index contributed by atoms with van der Waals surface area (Å²) in [6.07, 6.45) is -1.29. The average Bonchev–Trinajstić information content (AvgIpc) is 2.63. The molecule has 0 spiro atoms. The van der Waals surface area contributed by atoms with E-state index < -0.39 is 18.0 Å². The highest BCUT2D eigenvalue weighted by Crippen LogP contribution is 2.27. The number of carbonyl (C=O) groups excluding carboxylic acids is 1. The summed E-state index contributed by atoms with van der Waals surface area (Å²) in [6.45, 7) is 3.39. The first-order chi connectivity index (χ1) is 13.7. The second kappa shape index (κ2) is 8.87. The van der Waals surface area contributed by atoms with E-state index in [0.717, 1.165) is 17.8 Å². The second-order valence-electron chi connectivity index (χ2n) is 7.18. The SMILES string of the molecule is Cc1ccncc1C(O)CN(CC1COC1)C(=O)Cc1ccc(C(F)(F)F)nc1. The molecule has 156 valence electrons. The molecule has 1 unspecified atom stereocenters. The highest BCUT2D eigenvalue weighted by atomic mass is 19.4. The van der Waals surface area contributed by atoms with Gasteiger partial charge in [-0.15, -0.1) is 0 Å². The zero-order chi connectivity index (χ0) is 21.0. The molecule has 0 radical (unpaired) electrons. The van der Waals surface area contributed by atoms with E-state index in [4.69, 9.17) is 4.74 Å². The van der Waals surface area contributed by atoms with Gasteiger partial charge in [0.25, 0.3) is 0 Å². The topological polar surface area (TPSA) is 75.6 Å². The molecule has 3 heterocycles. The van der Waals surface area contributed by atoms with Gasteiger partial charge in [-0.05, 0) is 30.2 Å². The molecule has 3 rings (SSSR count). The molecule has 1 aliphatic rings. The summed E-state index contributed by atoms with van der Waals surface area (Å²) < 4.78 is 43.1. The lowest BCUT2D eigenvalue weighted by molar-refractivity contribution is -0.141. The van der Waals surface area contributed by atoms with Crippen LogP contribution in [0, 0.1) is 12.8 Å². The summed E-state index contributed by atoms with van der Waals surface area (Å²) in [5.41, 5.74) is 0.870. The van der Waals surface area contributed by atoms with Crippen LogP contribution in [0.4, 0.5) is 13.2 Å². The Hall–Kier alpha value is -2.52. The van der Waals surface area contributed by atoms with Crippen molar-refractivity contribution in [3.05, 3.63) is 59.2 Å². The van der Waals surface area contributed by atoms with Crippen LogP contribution >= 0.6 is 0 Å². The molecular weight excluding hydrogens is 387 g/mol. The summed E-state index contributed by atoms with van der Waals surface area (Å²) in [5, 5.41) is 10.6. The molecule has 0 bridgehead atoms. The number of aliphatic hydroxyl groups is 1. The van der Waals surface area contributed by atoms with Gasteiger partial charge in [-0.25, -0.2) is 0 Å². The number of halogens is 3. The first-order valence-electron chi connectivity index (χ1n) is 9.20. The summed E-state index contributed by atoms with van der Waals surface area (Å²) in [6, 6.07) is 3.89. The van der Waals surface area contributed by atoms with Gasteiger partial charge in [0.05, 0.1) is 32.3 Å². The predicted molar refractivity (Wildman–Crippen MR) is 97.8 cm³/mol. The van der Waals surface area contributed by atoms with Gasteiger partial charge in [0.1, 0.15) is 5.69 Å². The molecule has 1 aliphatic heterocycles. The molecule has 2 aromatic rings. The number of aromatic nitrogens is 2. The summed E-state index contributed by atoms with van der Waals surface area (Å²) in [7, 11) is 0. The number of hydrogen-bond acceptors (Lipinski definition) is 5. The van der Waals surface area contributed by atoms with Gasteiger partial charge < -0.3 is 14.7 Å². The van der Waals surface area contributed by atoms with Crippen LogP contribution in [0.25, 0.3) is 0 Å². The molecule has 2 aromatic heterocycles. The Kier molecular flexibility index (Phi) is 6.49. The van der Waals surface area contributed by atoms with E-state index in [1.54, 1.807) is 18.5 Å². The van der Waals surface area contributed by atoms with Crippen LogP contribution in [-0.4, -0.2) is 52.2 Å².